The number of rotatable bonds is 8. The zero-order chi connectivity index (χ0) is 26.6. The number of ether oxygens (including phenoxy) is 2. The first-order valence-corrected chi connectivity index (χ1v) is 13.1. The highest BCUT2D eigenvalue weighted by molar-refractivity contribution is 6.32. The summed E-state index contributed by atoms with van der Waals surface area (Å²) in [4.78, 5) is 40.9. The Morgan fingerprint density at radius 3 is 2.89 bits per heavy atom. The molecule has 1 unspecified atom stereocenters. The molecule has 2 aliphatic heterocycles. The highest BCUT2D eigenvalue weighted by Crippen LogP contribution is 2.30. The zero-order valence-corrected chi connectivity index (χ0v) is 22.2. The lowest BCUT2D eigenvalue weighted by Gasteiger charge is -2.24. The molecule has 0 saturated carbocycles. The number of fused-ring (bicyclic) bond motifs is 1. The molecule has 38 heavy (non-hydrogen) atoms. The molecule has 2 N–H and O–H groups in total. The van der Waals surface area contributed by atoms with Crippen LogP contribution in [-0.4, -0.2) is 76.7 Å². The molecule has 0 spiro atoms. The Balaban J connectivity index is 1.24. The average molecular weight is 539 g/mol. The fourth-order valence-electron chi connectivity index (χ4n) is 4.86. The predicted molar refractivity (Wildman–Crippen MR) is 143 cm³/mol. The van der Waals surface area contributed by atoms with Gasteiger partial charge in [0.05, 0.1) is 40.8 Å². The van der Waals surface area contributed by atoms with E-state index in [9.17, 15) is 9.59 Å². The van der Waals surface area contributed by atoms with E-state index in [-0.39, 0.29) is 43.1 Å². The molecule has 2 aromatic rings. The smallest absolute Gasteiger partial charge is 0.256 e. The second-order valence-electron chi connectivity index (χ2n) is 9.69. The van der Waals surface area contributed by atoms with Gasteiger partial charge in [0.1, 0.15) is 6.54 Å². The van der Waals surface area contributed by atoms with Crippen LogP contribution in [0.4, 0.5) is 5.95 Å². The molecular formula is C27H31ClN6O4. The van der Waals surface area contributed by atoms with Crippen molar-refractivity contribution in [3.8, 4) is 11.3 Å². The molecule has 200 valence electrons. The lowest BCUT2D eigenvalue weighted by atomic mass is 9.97. The number of methoxy groups -OCH3 is 1. The lowest BCUT2D eigenvalue weighted by molar-refractivity contribution is -0.122. The monoisotopic (exact) mass is 538 g/mol. The van der Waals surface area contributed by atoms with Crippen LogP contribution in [0.5, 0.6) is 0 Å². The first kappa shape index (κ1) is 26.3. The van der Waals surface area contributed by atoms with Crippen LogP contribution in [0.2, 0.25) is 5.02 Å². The summed E-state index contributed by atoms with van der Waals surface area (Å²) >= 11 is 6.42. The summed E-state index contributed by atoms with van der Waals surface area (Å²) in [5, 5.41) is 6.69. The summed E-state index contributed by atoms with van der Waals surface area (Å²) in [6.45, 7) is 3.54. The van der Waals surface area contributed by atoms with Gasteiger partial charge in [0.25, 0.3) is 5.91 Å². The normalized spacial score (nSPS) is 20.2. The van der Waals surface area contributed by atoms with Crippen molar-refractivity contribution in [2.24, 2.45) is 0 Å². The molecule has 2 aromatic heterocycles. The van der Waals surface area contributed by atoms with Crippen LogP contribution >= 0.6 is 11.6 Å². The third kappa shape index (κ3) is 5.87. The highest BCUT2D eigenvalue weighted by Gasteiger charge is 2.31. The van der Waals surface area contributed by atoms with Gasteiger partial charge in [0.2, 0.25) is 11.9 Å². The van der Waals surface area contributed by atoms with E-state index in [4.69, 9.17) is 21.1 Å². The molecule has 1 saturated heterocycles. The van der Waals surface area contributed by atoms with Crippen molar-refractivity contribution in [2.75, 3.05) is 32.2 Å². The van der Waals surface area contributed by atoms with Crippen molar-refractivity contribution in [3.05, 3.63) is 58.5 Å². The van der Waals surface area contributed by atoms with E-state index in [0.29, 0.717) is 53.1 Å². The summed E-state index contributed by atoms with van der Waals surface area (Å²) in [6, 6.07) is 1.80. The van der Waals surface area contributed by atoms with Crippen molar-refractivity contribution >= 4 is 29.4 Å². The standard InChI is InChI=1S/C27H31ClN6O4/c1-16(17-4-3-5-20(10-17)37-2)31-24(35)15-34-14-23-21(26(34)36)11-18(12-29-23)25-22(28)13-30-27(33-25)32-19-6-8-38-9-7-19/h3-5,11-13,16,19-20H,6-10,14-15H2,1-2H3,(H,31,35)(H,30,32,33)/t16-,20?/m1/s1. The van der Waals surface area contributed by atoms with Crippen molar-refractivity contribution in [1.82, 2.24) is 25.2 Å². The number of nitrogens with zero attached hydrogens (tertiary/aromatic N) is 4. The van der Waals surface area contributed by atoms with E-state index in [1.54, 1.807) is 25.6 Å². The zero-order valence-electron chi connectivity index (χ0n) is 21.4. The number of carbonyl (C=O) groups excluding carboxylic acids is 2. The Hall–Kier alpha value is -3.34. The number of aromatic nitrogens is 3. The molecule has 3 aliphatic rings. The number of carbonyl (C=O) groups is 2. The number of nitrogens with one attached hydrogen (secondary N) is 2. The first-order chi connectivity index (χ1) is 18.4. The molecule has 1 fully saturated rings. The maximum atomic E-state index is 13.2. The average Bonchev–Trinajstić information content (AvgIpc) is 3.24. The summed E-state index contributed by atoms with van der Waals surface area (Å²) in [5.41, 5.74) is 3.24. The summed E-state index contributed by atoms with van der Waals surface area (Å²) in [7, 11) is 1.67. The Kier molecular flexibility index (Phi) is 8.01. The number of pyridine rings is 1. The maximum absolute atomic E-state index is 13.2. The number of anilines is 1. The number of hydrogen-bond acceptors (Lipinski definition) is 8. The van der Waals surface area contributed by atoms with Crippen LogP contribution < -0.4 is 10.6 Å². The SMILES string of the molecule is COC1C=CC=C([C@@H](C)NC(=O)CN2Cc3ncc(-c4nc(NC5CCOCC5)ncc4Cl)cc3C2=O)C1. The Labute approximate surface area is 226 Å². The van der Waals surface area contributed by atoms with E-state index in [1.807, 2.05) is 25.2 Å². The van der Waals surface area contributed by atoms with Crippen molar-refractivity contribution in [1.29, 1.82) is 0 Å². The molecule has 4 heterocycles. The topological polar surface area (TPSA) is 119 Å². The van der Waals surface area contributed by atoms with E-state index in [1.165, 1.54) is 4.90 Å². The van der Waals surface area contributed by atoms with E-state index < -0.39 is 0 Å². The maximum Gasteiger partial charge on any atom is 0.256 e. The second-order valence-corrected chi connectivity index (χ2v) is 10.1. The van der Waals surface area contributed by atoms with Crippen molar-refractivity contribution in [2.45, 2.75) is 50.9 Å². The lowest BCUT2D eigenvalue weighted by Crippen LogP contribution is -2.42. The van der Waals surface area contributed by atoms with E-state index in [2.05, 4.69) is 25.6 Å². The number of hydrogen-bond donors (Lipinski definition) is 2. The van der Waals surface area contributed by atoms with Crippen molar-refractivity contribution < 1.29 is 19.1 Å². The molecule has 0 aromatic carbocycles. The van der Waals surface area contributed by atoms with Gasteiger partial charge in [0.15, 0.2) is 0 Å². The van der Waals surface area contributed by atoms with Gasteiger partial charge in [-0.05, 0) is 31.4 Å². The van der Waals surface area contributed by atoms with Gasteiger partial charge < -0.3 is 25.0 Å². The fourth-order valence-corrected chi connectivity index (χ4v) is 5.06. The molecular weight excluding hydrogens is 508 g/mol. The molecule has 2 atom stereocenters. The molecule has 11 heteroatoms. The molecule has 0 radical (unpaired) electrons. The molecule has 10 nitrogen and oxygen atoms in total. The predicted octanol–water partition coefficient (Wildman–Crippen LogP) is 3.14. The van der Waals surface area contributed by atoms with E-state index in [0.717, 1.165) is 18.4 Å². The van der Waals surface area contributed by atoms with Gasteiger partial charge in [-0.15, -0.1) is 0 Å². The quantitative estimate of drug-likeness (QED) is 0.526. The van der Waals surface area contributed by atoms with Crippen LogP contribution in [0, 0.1) is 0 Å². The van der Waals surface area contributed by atoms with Crippen LogP contribution in [0.1, 0.15) is 42.2 Å². The van der Waals surface area contributed by atoms with Crippen LogP contribution in [0.3, 0.4) is 0 Å². The van der Waals surface area contributed by atoms with Gasteiger partial charge in [0, 0.05) is 50.6 Å². The number of allylic oxidation sites excluding steroid dienone is 2. The molecule has 1 aliphatic carbocycles. The highest BCUT2D eigenvalue weighted by atomic mass is 35.5. The minimum atomic E-state index is -0.248. The van der Waals surface area contributed by atoms with Gasteiger partial charge in [-0.3, -0.25) is 14.6 Å². The number of amides is 2. The van der Waals surface area contributed by atoms with Gasteiger partial charge >= 0.3 is 0 Å². The summed E-state index contributed by atoms with van der Waals surface area (Å²) < 4.78 is 10.8. The molecule has 0 bridgehead atoms. The first-order valence-electron chi connectivity index (χ1n) is 12.8. The number of halogens is 1. The third-order valence-corrected chi connectivity index (χ3v) is 7.32. The third-order valence-electron chi connectivity index (χ3n) is 7.04. The Morgan fingerprint density at radius 1 is 1.29 bits per heavy atom. The van der Waals surface area contributed by atoms with Gasteiger partial charge in [-0.2, -0.15) is 0 Å². The largest absolute Gasteiger partial charge is 0.381 e. The van der Waals surface area contributed by atoms with Crippen molar-refractivity contribution in [3.63, 3.8) is 0 Å². The second kappa shape index (κ2) is 11.6. The molecule has 5 rings (SSSR count). The Bertz CT molecular complexity index is 1280. The van der Waals surface area contributed by atoms with Crippen LogP contribution in [0.25, 0.3) is 11.3 Å². The molecule has 2 amide bonds. The van der Waals surface area contributed by atoms with Gasteiger partial charge in [-0.25, -0.2) is 9.97 Å². The van der Waals surface area contributed by atoms with Gasteiger partial charge in [-0.1, -0.05) is 29.8 Å². The minimum Gasteiger partial charge on any atom is -0.381 e. The minimum absolute atomic E-state index is 0.00129. The fraction of sp³-hybridized carbons (Fsp3) is 0.444. The Morgan fingerprint density at radius 2 is 2.11 bits per heavy atom. The van der Waals surface area contributed by atoms with Crippen LogP contribution in [0.15, 0.2) is 42.3 Å². The summed E-state index contributed by atoms with van der Waals surface area (Å²) in [5.74, 6) is -0.0101. The van der Waals surface area contributed by atoms with Crippen LogP contribution in [-0.2, 0) is 20.8 Å². The summed E-state index contributed by atoms with van der Waals surface area (Å²) in [6.07, 6.45) is 11.6. The van der Waals surface area contributed by atoms with E-state index >= 15 is 0 Å².